The molecule has 0 bridgehead atoms. The zero-order valence-corrected chi connectivity index (χ0v) is 15.1. The van der Waals surface area contributed by atoms with Crippen LogP contribution in [0.4, 0.5) is 0 Å². The predicted molar refractivity (Wildman–Crippen MR) is 96.4 cm³/mol. The summed E-state index contributed by atoms with van der Waals surface area (Å²) in [5, 5.41) is 10.3. The Morgan fingerprint density at radius 2 is 2.08 bits per heavy atom. The molecule has 1 heterocycles. The van der Waals surface area contributed by atoms with E-state index in [1.165, 1.54) is 11.1 Å². The van der Waals surface area contributed by atoms with E-state index in [0.717, 1.165) is 45.2 Å². The van der Waals surface area contributed by atoms with Crippen LogP contribution in [0, 0.1) is 5.41 Å². The summed E-state index contributed by atoms with van der Waals surface area (Å²) >= 11 is 0. The predicted octanol–water partition coefficient (Wildman–Crippen LogP) is 2.89. The number of piperidine rings is 1. The highest BCUT2D eigenvalue weighted by Crippen LogP contribution is 2.51. The second-order valence-corrected chi connectivity index (χ2v) is 7.95. The van der Waals surface area contributed by atoms with E-state index < -0.39 is 0 Å². The molecule has 1 spiro atoms. The van der Waals surface area contributed by atoms with Crippen molar-refractivity contribution in [2.24, 2.45) is 5.41 Å². The zero-order valence-electron chi connectivity index (χ0n) is 15.1. The molecule has 2 fully saturated rings. The molecule has 4 nitrogen and oxygen atoms in total. The van der Waals surface area contributed by atoms with Gasteiger partial charge in [0.05, 0.1) is 12.2 Å². The van der Waals surface area contributed by atoms with Gasteiger partial charge >= 0.3 is 0 Å². The maximum atomic E-state index is 12.8. The number of amides is 1. The Bertz CT molecular complexity index is 634. The van der Waals surface area contributed by atoms with Gasteiger partial charge in [-0.2, -0.15) is 0 Å². The van der Waals surface area contributed by atoms with Crippen molar-refractivity contribution in [2.45, 2.75) is 63.6 Å². The molecule has 0 radical (unpaired) electrons. The van der Waals surface area contributed by atoms with Crippen molar-refractivity contribution in [3.8, 4) is 0 Å². The molecule has 1 amide bonds. The third-order valence-electron chi connectivity index (χ3n) is 6.84. The van der Waals surface area contributed by atoms with Gasteiger partial charge in [0.15, 0.2) is 0 Å². The van der Waals surface area contributed by atoms with Gasteiger partial charge in [0, 0.05) is 38.0 Å². The van der Waals surface area contributed by atoms with Crippen molar-refractivity contribution >= 4 is 5.91 Å². The maximum Gasteiger partial charge on any atom is 0.223 e. The average molecular weight is 343 g/mol. The largest absolute Gasteiger partial charge is 0.392 e. The van der Waals surface area contributed by atoms with Gasteiger partial charge in [0.2, 0.25) is 5.91 Å². The van der Waals surface area contributed by atoms with Gasteiger partial charge in [-0.1, -0.05) is 24.3 Å². The maximum absolute atomic E-state index is 12.8. The summed E-state index contributed by atoms with van der Waals surface area (Å²) in [5.41, 5.74) is 2.68. The van der Waals surface area contributed by atoms with Crippen LogP contribution in [0.2, 0.25) is 0 Å². The quantitative estimate of drug-likeness (QED) is 0.914. The van der Waals surface area contributed by atoms with Gasteiger partial charge in [-0.05, 0) is 49.7 Å². The topological polar surface area (TPSA) is 49.8 Å². The lowest BCUT2D eigenvalue weighted by Gasteiger charge is -2.56. The Morgan fingerprint density at radius 1 is 1.32 bits per heavy atom. The fourth-order valence-electron chi connectivity index (χ4n) is 5.19. The molecule has 1 aromatic carbocycles. The number of aliphatic hydroxyl groups is 1. The van der Waals surface area contributed by atoms with Crippen LogP contribution >= 0.6 is 0 Å². The highest BCUT2D eigenvalue weighted by Gasteiger charge is 2.56. The molecule has 3 aliphatic rings. The first-order valence-corrected chi connectivity index (χ1v) is 9.79. The van der Waals surface area contributed by atoms with Gasteiger partial charge in [-0.3, -0.25) is 4.79 Å². The van der Waals surface area contributed by atoms with Crippen molar-refractivity contribution < 1.29 is 14.6 Å². The third-order valence-corrected chi connectivity index (χ3v) is 6.84. The summed E-state index contributed by atoms with van der Waals surface area (Å²) in [4.78, 5) is 14.8. The van der Waals surface area contributed by atoms with Crippen LogP contribution in [0.3, 0.4) is 0 Å². The zero-order chi connectivity index (χ0) is 17.4. The minimum Gasteiger partial charge on any atom is -0.392 e. The molecule has 1 saturated carbocycles. The van der Waals surface area contributed by atoms with Crippen LogP contribution in [0.5, 0.6) is 0 Å². The minimum atomic E-state index is -0.261. The summed E-state index contributed by atoms with van der Waals surface area (Å²) < 4.78 is 5.82. The lowest BCUT2D eigenvalue weighted by atomic mass is 9.58. The monoisotopic (exact) mass is 343 g/mol. The Balaban J connectivity index is 1.35. The lowest BCUT2D eigenvalue weighted by Crippen LogP contribution is -2.62. The molecule has 0 unspecified atom stereocenters. The number of rotatable bonds is 4. The van der Waals surface area contributed by atoms with Gasteiger partial charge < -0.3 is 14.7 Å². The number of hydrogen-bond acceptors (Lipinski definition) is 3. The Kier molecular flexibility index (Phi) is 4.59. The number of nitrogens with zero attached hydrogens (tertiary/aromatic N) is 1. The van der Waals surface area contributed by atoms with Crippen LogP contribution in [-0.4, -0.2) is 47.8 Å². The normalized spacial score (nSPS) is 30.2. The smallest absolute Gasteiger partial charge is 0.223 e. The lowest BCUT2D eigenvalue weighted by molar-refractivity contribution is -0.210. The van der Waals surface area contributed by atoms with E-state index in [2.05, 4.69) is 24.3 Å². The van der Waals surface area contributed by atoms with E-state index in [1.807, 2.05) is 11.8 Å². The Labute approximate surface area is 150 Å². The summed E-state index contributed by atoms with van der Waals surface area (Å²) in [6, 6.07) is 8.54. The molecule has 1 aromatic rings. The molecule has 25 heavy (non-hydrogen) atoms. The number of carbonyl (C=O) groups excluding carboxylic acids is 1. The summed E-state index contributed by atoms with van der Waals surface area (Å²) in [6.07, 6.45) is 5.21. The molecular formula is C21H29NO3. The van der Waals surface area contributed by atoms with Crippen molar-refractivity contribution in [3.05, 3.63) is 35.4 Å². The molecule has 136 valence electrons. The molecule has 1 N–H and O–H groups in total. The SMILES string of the molecule is CCO[C@@H]1C[C@@H](O)C12CCN(C(=O)C[C@H]1CCc3ccccc31)CC2. The van der Waals surface area contributed by atoms with Crippen molar-refractivity contribution in [1.29, 1.82) is 0 Å². The van der Waals surface area contributed by atoms with Crippen LogP contribution in [0.15, 0.2) is 24.3 Å². The van der Waals surface area contributed by atoms with Crippen LogP contribution in [0.1, 0.15) is 56.1 Å². The van der Waals surface area contributed by atoms with Gasteiger partial charge in [0.1, 0.15) is 0 Å². The van der Waals surface area contributed by atoms with Gasteiger partial charge in [-0.25, -0.2) is 0 Å². The molecule has 3 atom stereocenters. The second-order valence-electron chi connectivity index (χ2n) is 7.95. The summed E-state index contributed by atoms with van der Waals surface area (Å²) in [7, 11) is 0. The highest BCUT2D eigenvalue weighted by atomic mass is 16.5. The van der Waals surface area contributed by atoms with Crippen LogP contribution in [0.25, 0.3) is 0 Å². The third kappa shape index (κ3) is 2.89. The molecule has 0 aromatic heterocycles. The number of aliphatic hydroxyl groups excluding tert-OH is 1. The first-order valence-electron chi connectivity index (χ1n) is 9.79. The fraction of sp³-hybridized carbons (Fsp3) is 0.667. The van der Waals surface area contributed by atoms with Crippen molar-refractivity contribution in [1.82, 2.24) is 4.90 Å². The summed E-state index contributed by atoms with van der Waals surface area (Å²) in [6.45, 7) is 4.22. The Hall–Kier alpha value is -1.39. The Morgan fingerprint density at radius 3 is 2.80 bits per heavy atom. The minimum absolute atomic E-state index is 0.104. The fourth-order valence-corrected chi connectivity index (χ4v) is 5.19. The van der Waals surface area contributed by atoms with E-state index in [0.29, 0.717) is 18.9 Å². The summed E-state index contributed by atoms with van der Waals surface area (Å²) in [5.74, 6) is 0.656. The molecule has 4 heteroatoms. The average Bonchev–Trinajstić information content (AvgIpc) is 3.05. The van der Waals surface area contributed by atoms with E-state index in [-0.39, 0.29) is 23.5 Å². The molecular weight excluding hydrogens is 314 g/mol. The number of carbonyl (C=O) groups is 1. The number of likely N-dealkylation sites (tertiary alicyclic amines) is 1. The first kappa shape index (κ1) is 17.0. The number of hydrogen-bond donors (Lipinski definition) is 1. The standard InChI is InChI=1S/C21H29NO3/c1-2-25-19-14-18(23)21(19)9-11-22(12-10-21)20(24)13-16-8-7-15-5-3-4-6-17(15)16/h3-6,16,18-19,23H,2,7-14H2,1H3/t16-,18-,19-/m1/s1. The molecule has 2 aliphatic carbocycles. The van der Waals surface area contributed by atoms with Gasteiger partial charge in [0.25, 0.3) is 0 Å². The molecule has 1 aliphatic heterocycles. The number of fused-ring (bicyclic) bond motifs is 1. The highest BCUT2D eigenvalue weighted by molar-refractivity contribution is 5.77. The van der Waals surface area contributed by atoms with Crippen LogP contribution < -0.4 is 0 Å². The van der Waals surface area contributed by atoms with Crippen molar-refractivity contribution in [3.63, 3.8) is 0 Å². The van der Waals surface area contributed by atoms with Crippen LogP contribution in [-0.2, 0) is 16.0 Å². The number of aryl methyl sites for hydroxylation is 1. The number of benzene rings is 1. The second kappa shape index (κ2) is 6.73. The van der Waals surface area contributed by atoms with Crippen molar-refractivity contribution in [2.75, 3.05) is 19.7 Å². The molecule has 4 rings (SSSR count). The van der Waals surface area contributed by atoms with Gasteiger partial charge in [-0.15, -0.1) is 0 Å². The van der Waals surface area contributed by atoms with E-state index in [9.17, 15) is 9.90 Å². The van der Waals surface area contributed by atoms with E-state index in [1.54, 1.807) is 0 Å². The number of ether oxygens (including phenoxy) is 1. The first-order chi connectivity index (χ1) is 12.1. The van der Waals surface area contributed by atoms with E-state index >= 15 is 0 Å². The molecule has 1 saturated heterocycles. The van der Waals surface area contributed by atoms with E-state index in [4.69, 9.17) is 4.74 Å².